The minimum atomic E-state index is 0.510. The number of nitrogen functional groups attached to an aromatic ring is 1. The van der Waals surface area contributed by atoms with E-state index in [1.54, 1.807) is 0 Å². The SMILES string of the molecule is CC(CCCC=O)c1ccc(N)cc1. The van der Waals surface area contributed by atoms with Crippen molar-refractivity contribution in [3.63, 3.8) is 0 Å². The van der Waals surface area contributed by atoms with Gasteiger partial charge in [-0.15, -0.1) is 0 Å². The van der Waals surface area contributed by atoms with Crippen LogP contribution in [0.3, 0.4) is 0 Å². The van der Waals surface area contributed by atoms with Gasteiger partial charge in [-0.1, -0.05) is 19.1 Å². The van der Waals surface area contributed by atoms with Crippen LogP contribution in [0.2, 0.25) is 0 Å². The van der Waals surface area contributed by atoms with Crippen LogP contribution in [0.5, 0.6) is 0 Å². The molecule has 2 nitrogen and oxygen atoms in total. The molecule has 0 heterocycles. The summed E-state index contributed by atoms with van der Waals surface area (Å²) in [4.78, 5) is 10.2. The van der Waals surface area contributed by atoms with Crippen molar-refractivity contribution in [1.29, 1.82) is 0 Å². The molecule has 0 aromatic heterocycles. The van der Waals surface area contributed by atoms with E-state index in [0.29, 0.717) is 12.3 Å². The van der Waals surface area contributed by atoms with Gasteiger partial charge in [0.1, 0.15) is 6.29 Å². The number of benzene rings is 1. The van der Waals surface area contributed by atoms with Crippen LogP contribution >= 0.6 is 0 Å². The maximum absolute atomic E-state index is 10.2. The van der Waals surface area contributed by atoms with Gasteiger partial charge in [0.2, 0.25) is 0 Å². The Hall–Kier alpha value is -1.31. The second kappa shape index (κ2) is 5.43. The molecule has 0 aliphatic rings. The number of hydrogen-bond acceptors (Lipinski definition) is 2. The fraction of sp³-hybridized carbons (Fsp3) is 0.417. The minimum Gasteiger partial charge on any atom is -0.399 e. The quantitative estimate of drug-likeness (QED) is 0.442. The molecule has 2 N–H and O–H groups in total. The Kier molecular flexibility index (Phi) is 4.17. The van der Waals surface area contributed by atoms with Crippen molar-refractivity contribution in [3.8, 4) is 0 Å². The highest BCUT2D eigenvalue weighted by Crippen LogP contribution is 2.21. The summed E-state index contributed by atoms with van der Waals surface area (Å²) in [7, 11) is 0. The summed E-state index contributed by atoms with van der Waals surface area (Å²) in [5, 5.41) is 0. The molecular weight excluding hydrogens is 174 g/mol. The Balaban J connectivity index is 2.47. The van der Waals surface area contributed by atoms with Crippen molar-refractivity contribution in [2.75, 3.05) is 5.73 Å². The molecule has 1 atom stereocenters. The highest BCUT2D eigenvalue weighted by atomic mass is 16.1. The summed E-state index contributed by atoms with van der Waals surface area (Å²) in [6.45, 7) is 2.18. The van der Waals surface area contributed by atoms with E-state index < -0.39 is 0 Å². The number of nitrogens with two attached hydrogens (primary N) is 1. The molecule has 14 heavy (non-hydrogen) atoms. The lowest BCUT2D eigenvalue weighted by Gasteiger charge is -2.10. The topological polar surface area (TPSA) is 43.1 Å². The predicted molar refractivity (Wildman–Crippen MR) is 59.2 cm³/mol. The first-order valence-corrected chi connectivity index (χ1v) is 5.03. The van der Waals surface area contributed by atoms with Gasteiger partial charge in [0.15, 0.2) is 0 Å². The Labute approximate surface area is 85.1 Å². The summed E-state index contributed by atoms with van der Waals surface area (Å²) < 4.78 is 0. The van der Waals surface area contributed by atoms with Gasteiger partial charge in [0.25, 0.3) is 0 Å². The third kappa shape index (κ3) is 3.21. The molecule has 0 fully saturated rings. The largest absolute Gasteiger partial charge is 0.399 e. The van der Waals surface area contributed by atoms with Crippen LogP contribution in [0.15, 0.2) is 24.3 Å². The zero-order chi connectivity index (χ0) is 10.4. The first-order chi connectivity index (χ1) is 6.74. The molecule has 0 aliphatic heterocycles. The van der Waals surface area contributed by atoms with E-state index in [9.17, 15) is 4.79 Å². The first kappa shape index (κ1) is 10.8. The molecule has 1 unspecified atom stereocenters. The molecule has 0 aliphatic carbocycles. The number of carbonyl (C=O) groups excluding carboxylic acids is 1. The van der Waals surface area contributed by atoms with Gasteiger partial charge >= 0.3 is 0 Å². The number of aldehydes is 1. The molecular formula is C12H17NO. The maximum atomic E-state index is 10.2. The molecule has 1 rings (SSSR count). The smallest absolute Gasteiger partial charge is 0.119 e. The van der Waals surface area contributed by atoms with Crippen molar-refractivity contribution < 1.29 is 4.79 Å². The second-order valence-electron chi connectivity index (χ2n) is 3.67. The zero-order valence-corrected chi connectivity index (χ0v) is 8.57. The molecule has 0 spiro atoms. The second-order valence-corrected chi connectivity index (χ2v) is 3.67. The normalized spacial score (nSPS) is 12.4. The number of carbonyl (C=O) groups is 1. The van der Waals surface area contributed by atoms with E-state index in [1.807, 2.05) is 12.1 Å². The average molecular weight is 191 g/mol. The first-order valence-electron chi connectivity index (χ1n) is 5.03. The molecule has 0 radical (unpaired) electrons. The summed E-state index contributed by atoms with van der Waals surface area (Å²) in [5.74, 6) is 0.510. The Morgan fingerprint density at radius 2 is 2.00 bits per heavy atom. The van der Waals surface area contributed by atoms with Crippen LogP contribution in [-0.2, 0) is 4.79 Å². The molecule has 0 bridgehead atoms. The summed E-state index contributed by atoms with van der Waals surface area (Å²) in [5.41, 5.74) is 7.70. The number of unbranched alkanes of at least 4 members (excludes halogenated alkanes) is 1. The molecule has 0 saturated carbocycles. The van der Waals surface area contributed by atoms with Gasteiger partial charge in [0.05, 0.1) is 0 Å². The zero-order valence-electron chi connectivity index (χ0n) is 8.57. The highest BCUT2D eigenvalue weighted by Gasteiger charge is 2.04. The number of anilines is 1. The van der Waals surface area contributed by atoms with E-state index in [1.165, 1.54) is 5.56 Å². The number of hydrogen-bond donors (Lipinski definition) is 1. The number of rotatable bonds is 5. The van der Waals surface area contributed by atoms with Crippen molar-refractivity contribution in [1.82, 2.24) is 0 Å². The van der Waals surface area contributed by atoms with Crippen LogP contribution in [0.1, 0.15) is 37.7 Å². The molecule has 1 aromatic carbocycles. The van der Waals surface area contributed by atoms with E-state index in [4.69, 9.17) is 5.73 Å². The van der Waals surface area contributed by atoms with Crippen molar-refractivity contribution >= 4 is 12.0 Å². The van der Waals surface area contributed by atoms with E-state index in [-0.39, 0.29) is 0 Å². The molecule has 0 amide bonds. The lowest BCUT2D eigenvalue weighted by atomic mass is 9.95. The van der Waals surface area contributed by atoms with E-state index in [2.05, 4.69) is 19.1 Å². The van der Waals surface area contributed by atoms with Crippen LogP contribution < -0.4 is 5.73 Å². The lowest BCUT2D eigenvalue weighted by Crippen LogP contribution is -1.94. The summed E-state index contributed by atoms with van der Waals surface area (Å²) in [6.07, 6.45) is 3.67. The maximum Gasteiger partial charge on any atom is 0.119 e. The Bertz CT molecular complexity index is 279. The van der Waals surface area contributed by atoms with Gasteiger partial charge in [0, 0.05) is 12.1 Å². The third-order valence-electron chi connectivity index (χ3n) is 2.46. The van der Waals surface area contributed by atoms with Crippen LogP contribution in [0.4, 0.5) is 5.69 Å². The van der Waals surface area contributed by atoms with Gasteiger partial charge in [-0.2, -0.15) is 0 Å². The average Bonchev–Trinajstić information content (AvgIpc) is 2.19. The third-order valence-corrected chi connectivity index (χ3v) is 2.46. The van der Waals surface area contributed by atoms with Crippen LogP contribution in [0.25, 0.3) is 0 Å². The lowest BCUT2D eigenvalue weighted by molar-refractivity contribution is -0.107. The Morgan fingerprint density at radius 1 is 1.36 bits per heavy atom. The van der Waals surface area contributed by atoms with E-state index in [0.717, 1.165) is 24.8 Å². The predicted octanol–water partition coefficient (Wildman–Crippen LogP) is 2.74. The van der Waals surface area contributed by atoms with Crippen LogP contribution in [-0.4, -0.2) is 6.29 Å². The summed E-state index contributed by atoms with van der Waals surface area (Å²) >= 11 is 0. The monoisotopic (exact) mass is 191 g/mol. The Morgan fingerprint density at radius 3 is 2.57 bits per heavy atom. The standard InChI is InChI=1S/C12H17NO/c1-10(4-2-3-9-14)11-5-7-12(13)8-6-11/h5-10H,2-4,13H2,1H3. The molecule has 76 valence electrons. The highest BCUT2D eigenvalue weighted by molar-refractivity contribution is 5.49. The van der Waals surface area contributed by atoms with Crippen molar-refractivity contribution in [2.24, 2.45) is 0 Å². The summed E-state index contributed by atoms with van der Waals surface area (Å²) in [6, 6.07) is 7.96. The van der Waals surface area contributed by atoms with Gasteiger partial charge in [-0.3, -0.25) is 0 Å². The van der Waals surface area contributed by atoms with E-state index >= 15 is 0 Å². The minimum absolute atomic E-state index is 0.510. The van der Waals surface area contributed by atoms with Crippen LogP contribution in [0, 0.1) is 0 Å². The molecule has 2 heteroatoms. The van der Waals surface area contributed by atoms with Gasteiger partial charge < -0.3 is 10.5 Å². The molecule has 1 aromatic rings. The van der Waals surface area contributed by atoms with Crippen molar-refractivity contribution in [3.05, 3.63) is 29.8 Å². The van der Waals surface area contributed by atoms with Crippen molar-refractivity contribution in [2.45, 2.75) is 32.1 Å². The molecule has 0 saturated heterocycles. The van der Waals surface area contributed by atoms with Gasteiger partial charge in [-0.25, -0.2) is 0 Å². The fourth-order valence-corrected chi connectivity index (χ4v) is 1.50. The fourth-order valence-electron chi connectivity index (χ4n) is 1.50. The van der Waals surface area contributed by atoms with Gasteiger partial charge in [-0.05, 0) is 36.5 Å².